The first-order valence-corrected chi connectivity index (χ1v) is 5.16. The Bertz CT molecular complexity index is 326. The first kappa shape index (κ1) is 15.3. The summed E-state index contributed by atoms with van der Waals surface area (Å²) < 4.78 is 0. The second kappa shape index (κ2) is 6.83. The molecular weight excluding hydrogens is 218 g/mol. The first-order valence-electron chi connectivity index (χ1n) is 5.16. The number of aliphatic hydroxyl groups is 1. The molecule has 0 saturated heterocycles. The van der Waals surface area contributed by atoms with E-state index in [1.807, 2.05) is 0 Å². The minimum Gasteiger partial charge on any atom is -0.478 e. The standard InChI is InChI=1S/C13H19NO3/c1-5-8-13(17,11(4)12(15)16)14(9-6-2)10-7-3/h5-7,17H,1-4,8-10H2,(H,15,16). The Kier molecular flexibility index (Phi) is 6.17. The third-order valence-corrected chi connectivity index (χ3v) is 2.39. The zero-order valence-corrected chi connectivity index (χ0v) is 9.93. The lowest BCUT2D eigenvalue weighted by Crippen LogP contribution is -2.51. The summed E-state index contributed by atoms with van der Waals surface area (Å²) in [6.45, 7) is 14.7. The number of aliphatic carboxylic acids is 1. The fourth-order valence-electron chi connectivity index (χ4n) is 1.50. The summed E-state index contributed by atoms with van der Waals surface area (Å²) in [4.78, 5) is 12.5. The number of nitrogens with zero attached hydrogens (tertiary/aromatic N) is 1. The van der Waals surface area contributed by atoms with Crippen molar-refractivity contribution >= 4 is 5.97 Å². The van der Waals surface area contributed by atoms with Crippen molar-refractivity contribution in [1.82, 2.24) is 4.90 Å². The fourth-order valence-corrected chi connectivity index (χ4v) is 1.50. The lowest BCUT2D eigenvalue weighted by atomic mass is 9.98. The van der Waals surface area contributed by atoms with E-state index < -0.39 is 11.7 Å². The van der Waals surface area contributed by atoms with Crippen molar-refractivity contribution in [1.29, 1.82) is 0 Å². The average molecular weight is 237 g/mol. The van der Waals surface area contributed by atoms with Gasteiger partial charge in [-0.3, -0.25) is 4.90 Å². The third kappa shape index (κ3) is 3.69. The molecule has 4 heteroatoms. The number of carboxylic acids is 1. The Morgan fingerprint density at radius 2 is 1.65 bits per heavy atom. The molecule has 0 heterocycles. The van der Waals surface area contributed by atoms with Crippen molar-refractivity contribution in [2.75, 3.05) is 13.1 Å². The van der Waals surface area contributed by atoms with Gasteiger partial charge in [0.15, 0.2) is 5.72 Å². The van der Waals surface area contributed by atoms with Crippen LogP contribution in [0.25, 0.3) is 0 Å². The van der Waals surface area contributed by atoms with Gasteiger partial charge in [0.05, 0.1) is 5.57 Å². The van der Waals surface area contributed by atoms with Gasteiger partial charge in [0.2, 0.25) is 0 Å². The molecule has 0 aliphatic rings. The van der Waals surface area contributed by atoms with Gasteiger partial charge in [0.1, 0.15) is 0 Å². The maximum atomic E-state index is 11.0. The molecule has 0 amide bonds. The van der Waals surface area contributed by atoms with Gasteiger partial charge in [0, 0.05) is 19.5 Å². The van der Waals surface area contributed by atoms with E-state index in [0.717, 1.165) is 0 Å². The Labute approximate surface area is 102 Å². The molecule has 17 heavy (non-hydrogen) atoms. The SMILES string of the molecule is C=CCN(CC=C)C(O)(CC=C)C(=C)C(=O)O. The van der Waals surface area contributed by atoms with Gasteiger partial charge < -0.3 is 10.2 Å². The molecule has 0 fully saturated rings. The van der Waals surface area contributed by atoms with Gasteiger partial charge in [-0.25, -0.2) is 4.79 Å². The van der Waals surface area contributed by atoms with Gasteiger partial charge in [-0.15, -0.1) is 19.7 Å². The van der Waals surface area contributed by atoms with Crippen LogP contribution in [0.1, 0.15) is 6.42 Å². The average Bonchev–Trinajstić information content (AvgIpc) is 2.27. The highest BCUT2D eigenvalue weighted by Crippen LogP contribution is 2.25. The number of hydrogen-bond acceptors (Lipinski definition) is 3. The van der Waals surface area contributed by atoms with E-state index in [1.165, 1.54) is 11.0 Å². The van der Waals surface area contributed by atoms with Crippen molar-refractivity contribution in [2.24, 2.45) is 0 Å². The Morgan fingerprint density at radius 1 is 1.18 bits per heavy atom. The van der Waals surface area contributed by atoms with Crippen LogP contribution in [-0.2, 0) is 4.79 Å². The van der Waals surface area contributed by atoms with E-state index in [1.54, 1.807) is 12.2 Å². The number of carboxylic acid groups (broad SMARTS) is 1. The van der Waals surface area contributed by atoms with E-state index in [4.69, 9.17) is 5.11 Å². The zero-order valence-electron chi connectivity index (χ0n) is 9.93. The van der Waals surface area contributed by atoms with E-state index in [0.29, 0.717) is 13.1 Å². The van der Waals surface area contributed by atoms with Crippen LogP contribution in [0.4, 0.5) is 0 Å². The minimum atomic E-state index is -1.67. The molecule has 0 aromatic rings. The van der Waals surface area contributed by atoms with Crippen LogP contribution in [0, 0.1) is 0 Å². The molecule has 0 aliphatic heterocycles. The number of rotatable bonds is 9. The molecule has 0 saturated carbocycles. The van der Waals surface area contributed by atoms with Crippen LogP contribution in [0.3, 0.4) is 0 Å². The molecule has 1 unspecified atom stereocenters. The normalized spacial score (nSPS) is 13.8. The predicted molar refractivity (Wildman–Crippen MR) is 68.5 cm³/mol. The Morgan fingerprint density at radius 3 is 1.94 bits per heavy atom. The summed E-state index contributed by atoms with van der Waals surface area (Å²) in [7, 11) is 0. The second-order valence-corrected chi connectivity index (χ2v) is 3.58. The smallest absolute Gasteiger partial charge is 0.335 e. The second-order valence-electron chi connectivity index (χ2n) is 3.58. The molecule has 0 aromatic carbocycles. The molecule has 0 rings (SSSR count). The molecule has 0 radical (unpaired) electrons. The fraction of sp³-hybridized carbons (Fsp3) is 0.308. The third-order valence-electron chi connectivity index (χ3n) is 2.39. The monoisotopic (exact) mass is 237 g/mol. The van der Waals surface area contributed by atoms with Gasteiger partial charge >= 0.3 is 5.97 Å². The zero-order chi connectivity index (χ0) is 13.5. The molecule has 0 bridgehead atoms. The summed E-state index contributed by atoms with van der Waals surface area (Å²) in [6, 6.07) is 0. The van der Waals surface area contributed by atoms with Crippen molar-refractivity contribution in [3.05, 3.63) is 50.1 Å². The summed E-state index contributed by atoms with van der Waals surface area (Å²) in [6.07, 6.45) is 4.67. The Balaban J connectivity index is 5.31. The van der Waals surface area contributed by atoms with Crippen LogP contribution < -0.4 is 0 Å². The summed E-state index contributed by atoms with van der Waals surface area (Å²) in [5, 5.41) is 19.4. The maximum Gasteiger partial charge on any atom is 0.335 e. The van der Waals surface area contributed by atoms with E-state index in [9.17, 15) is 9.90 Å². The Hall–Kier alpha value is -1.65. The lowest BCUT2D eigenvalue weighted by Gasteiger charge is -2.38. The number of hydrogen-bond donors (Lipinski definition) is 2. The largest absolute Gasteiger partial charge is 0.478 e. The van der Waals surface area contributed by atoms with E-state index >= 15 is 0 Å². The quantitative estimate of drug-likeness (QED) is 0.363. The van der Waals surface area contributed by atoms with Crippen LogP contribution in [0.2, 0.25) is 0 Å². The molecule has 1 atom stereocenters. The van der Waals surface area contributed by atoms with Crippen LogP contribution in [0.5, 0.6) is 0 Å². The van der Waals surface area contributed by atoms with Gasteiger partial charge in [-0.2, -0.15) is 0 Å². The lowest BCUT2D eigenvalue weighted by molar-refractivity contribution is -0.140. The van der Waals surface area contributed by atoms with Crippen LogP contribution >= 0.6 is 0 Å². The number of carbonyl (C=O) groups is 1. The highest BCUT2D eigenvalue weighted by Gasteiger charge is 2.38. The highest BCUT2D eigenvalue weighted by molar-refractivity contribution is 5.88. The highest BCUT2D eigenvalue weighted by atomic mass is 16.4. The first-order chi connectivity index (χ1) is 7.93. The van der Waals surface area contributed by atoms with Crippen molar-refractivity contribution < 1.29 is 15.0 Å². The van der Waals surface area contributed by atoms with Crippen molar-refractivity contribution in [2.45, 2.75) is 12.1 Å². The molecule has 4 nitrogen and oxygen atoms in total. The van der Waals surface area contributed by atoms with Gasteiger partial charge in [-0.1, -0.05) is 24.8 Å². The van der Waals surface area contributed by atoms with E-state index in [2.05, 4.69) is 26.3 Å². The topological polar surface area (TPSA) is 60.8 Å². The van der Waals surface area contributed by atoms with Gasteiger partial charge in [-0.05, 0) is 0 Å². The molecular formula is C13H19NO3. The predicted octanol–water partition coefficient (Wildman–Crippen LogP) is 1.57. The van der Waals surface area contributed by atoms with Crippen LogP contribution in [0.15, 0.2) is 50.1 Å². The summed E-state index contributed by atoms with van der Waals surface area (Å²) in [5.41, 5.74) is -1.96. The van der Waals surface area contributed by atoms with Gasteiger partial charge in [0.25, 0.3) is 0 Å². The molecule has 0 aromatic heterocycles. The molecule has 94 valence electrons. The summed E-state index contributed by atoms with van der Waals surface area (Å²) in [5.74, 6) is -1.24. The minimum absolute atomic E-state index is 0.0693. The summed E-state index contributed by atoms with van der Waals surface area (Å²) >= 11 is 0. The van der Waals surface area contributed by atoms with E-state index in [-0.39, 0.29) is 12.0 Å². The van der Waals surface area contributed by atoms with Crippen molar-refractivity contribution in [3.63, 3.8) is 0 Å². The van der Waals surface area contributed by atoms with Crippen LogP contribution in [-0.4, -0.2) is 39.9 Å². The van der Waals surface area contributed by atoms with Crippen molar-refractivity contribution in [3.8, 4) is 0 Å². The maximum absolute atomic E-state index is 11.0. The molecule has 2 N–H and O–H groups in total. The molecule has 0 spiro atoms. The molecule has 0 aliphatic carbocycles.